The highest BCUT2D eigenvalue weighted by Gasteiger charge is 2.09. The van der Waals surface area contributed by atoms with Gasteiger partial charge in [0, 0.05) is 28.3 Å². The van der Waals surface area contributed by atoms with Gasteiger partial charge in [0.2, 0.25) is 0 Å². The van der Waals surface area contributed by atoms with Crippen LogP contribution in [-0.2, 0) is 13.2 Å². The fraction of sp³-hybridized carbons (Fsp3) is 0.176. The maximum Gasteiger partial charge on any atom is 0.123 e. The van der Waals surface area contributed by atoms with Gasteiger partial charge in [-0.3, -0.25) is 0 Å². The zero-order valence-corrected chi connectivity index (χ0v) is 12.7. The number of methoxy groups -OCH3 is 1. The first-order chi connectivity index (χ1) is 10.3. The van der Waals surface area contributed by atoms with E-state index in [0.717, 1.165) is 17.1 Å². The quantitative estimate of drug-likeness (QED) is 0.776. The van der Waals surface area contributed by atoms with Gasteiger partial charge in [-0.2, -0.15) is 0 Å². The second-order valence-corrected chi connectivity index (χ2v) is 5.63. The van der Waals surface area contributed by atoms with Crippen molar-refractivity contribution in [2.75, 3.05) is 7.11 Å². The highest BCUT2D eigenvalue weighted by atomic mass is 32.1. The Morgan fingerprint density at radius 1 is 1.05 bits per heavy atom. The summed E-state index contributed by atoms with van der Waals surface area (Å²) in [5.41, 5.74) is 8.18. The Balaban J connectivity index is 1.85. The van der Waals surface area contributed by atoms with Crippen LogP contribution in [0.15, 0.2) is 47.8 Å². The Morgan fingerprint density at radius 2 is 1.86 bits per heavy atom. The average molecular weight is 299 g/mol. The molecule has 0 fully saturated rings. The van der Waals surface area contributed by atoms with Gasteiger partial charge >= 0.3 is 0 Å². The molecule has 2 N–H and O–H groups in total. The summed E-state index contributed by atoms with van der Waals surface area (Å²) >= 11 is 1.73. The third-order valence-corrected chi connectivity index (χ3v) is 4.41. The maximum atomic E-state index is 5.89. The van der Waals surface area contributed by atoms with Gasteiger partial charge in [-0.15, -0.1) is 11.3 Å². The zero-order chi connectivity index (χ0) is 14.7. The van der Waals surface area contributed by atoms with E-state index < -0.39 is 0 Å². The van der Waals surface area contributed by atoms with Crippen molar-refractivity contribution in [3.05, 3.63) is 59.0 Å². The predicted molar refractivity (Wildman–Crippen MR) is 87.0 cm³/mol. The minimum absolute atomic E-state index is 0.532. The third kappa shape index (κ3) is 2.86. The number of fused-ring (bicyclic) bond motifs is 1. The van der Waals surface area contributed by atoms with Crippen molar-refractivity contribution < 1.29 is 9.47 Å². The number of benzene rings is 2. The minimum atomic E-state index is 0.532. The Labute approximate surface area is 127 Å². The highest BCUT2D eigenvalue weighted by Crippen LogP contribution is 2.30. The third-order valence-electron chi connectivity index (χ3n) is 3.42. The molecule has 0 amide bonds. The summed E-state index contributed by atoms with van der Waals surface area (Å²) in [5.74, 6) is 1.60. The fourth-order valence-corrected chi connectivity index (χ4v) is 3.35. The number of hydrogen-bond acceptors (Lipinski definition) is 4. The Hall–Kier alpha value is -2.04. The van der Waals surface area contributed by atoms with Crippen molar-refractivity contribution >= 4 is 21.4 Å². The van der Waals surface area contributed by atoms with Crippen LogP contribution in [0, 0.1) is 0 Å². The molecule has 0 spiro atoms. The molecule has 4 heteroatoms. The van der Waals surface area contributed by atoms with Crippen molar-refractivity contribution in [3.63, 3.8) is 0 Å². The number of rotatable bonds is 5. The van der Waals surface area contributed by atoms with E-state index >= 15 is 0 Å². The molecule has 0 unspecified atom stereocenters. The molecule has 0 saturated carbocycles. The molecule has 1 heterocycles. The summed E-state index contributed by atoms with van der Waals surface area (Å²) in [7, 11) is 1.65. The monoisotopic (exact) mass is 299 g/mol. The smallest absolute Gasteiger partial charge is 0.123 e. The number of thiophene rings is 1. The molecular weight excluding hydrogens is 282 g/mol. The van der Waals surface area contributed by atoms with E-state index in [2.05, 4.69) is 17.5 Å². The Morgan fingerprint density at radius 3 is 2.67 bits per heavy atom. The number of ether oxygens (including phenoxy) is 2. The van der Waals surface area contributed by atoms with Crippen LogP contribution in [0.2, 0.25) is 0 Å². The maximum absolute atomic E-state index is 5.89. The molecule has 1 aromatic heterocycles. The van der Waals surface area contributed by atoms with E-state index in [9.17, 15) is 0 Å². The van der Waals surface area contributed by atoms with E-state index in [1.165, 1.54) is 15.6 Å². The molecule has 0 aliphatic rings. The van der Waals surface area contributed by atoms with Crippen LogP contribution < -0.4 is 15.2 Å². The number of nitrogens with two attached hydrogens (primary N) is 1. The van der Waals surface area contributed by atoms with Crippen LogP contribution in [0.4, 0.5) is 0 Å². The van der Waals surface area contributed by atoms with Crippen molar-refractivity contribution in [3.8, 4) is 11.5 Å². The van der Waals surface area contributed by atoms with Gasteiger partial charge in [-0.1, -0.05) is 18.2 Å². The van der Waals surface area contributed by atoms with Crippen LogP contribution in [0.1, 0.15) is 11.1 Å². The van der Waals surface area contributed by atoms with E-state index in [-0.39, 0.29) is 0 Å². The van der Waals surface area contributed by atoms with Crippen LogP contribution in [0.5, 0.6) is 11.5 Å². The molecule has 0 aliphatic heterocycles. The SMILES string of the molecule is COc1cccc(OCc2csc3cccc(CN)c23)c1. The normalized spacial score (nSPS) is 10.8. The van der Waals surface area contributed by atoms with Crippen LogP contribution in [0.25, 0.3) is 10.1 Å². The Bertz CT molecular complexity index is 751. The van der Waals surface area contributed by atoms with Gasteiger partial charge in [-0.25, -0.2) is 0 Å². The molecule has 0 aliphatic carbocycles. The minimum Gasteiger partial charge on any atom is -0.497 e. The first kappa shape index (κ1) is 13.9. The molecule has 2 aromatic carbocycles. The topological polar surface area (TPSA) is 44.5 Å². The highest BCUT2D eigenvalue weighted by molar-refractivity contribution is 7.17. The lowest BCUT2D eigenvalue weighted by Gasteiger charge is -2.08. The fourth-order valence-electron chi connectivity index (χ4n) is 2.36. The molecule has 0 bridgehead atoms. The second kappa shape index (κ2) is 6.16. The average Bonchev–Trinajstić information content (AvgIpc) is 2.96. The van der Waals surface area contributed by atoms with Gasteiger partial charge in [0.25, 0.3) is 0 Å². The van der Waals surface area contributed by atoms with Crippen molar-refractivity contribution in [1.82, 2.24) is 0 Å². The summed E-state index contributed by atoms with van der Waals surface area (Å²) < 4.78 is 12.3. The lowest BCUT2D eigenvalue weighted by molar-refractivity contribution is 0.305. The molecule has 21 heavy (non-hydrogen) atoms. The predicted octanol–water partition coefficient (Wildman–Crippen LogP) is 3.95. The van der Waals surface area contributed by atoms with E-state index in [4.69, 9.17) is 15.2 Å². The van der Waals surface area contributed by atoms with Crippen molar-refractivity contribution in [2.45, 2.75) is 13.2 Å². The largest absolute Gasteiger partial charge is 0.497 e. The molecule has 0 radical (unpaired) electrons. The van der Waals surface area contributed by atoms with Crippen LogP contribution in [-0.4, -0.2) is 7.11 Å². The summed E-state index contributed by atoms with van der Waals surface area (Å²) in [6, 6.07) is 13.9. The Kier molecular flexibility index (Phi) is 4.08. The second-order valence-electron chi connectivity index (χ2n) is 4.72. The van der Waals surface area contributed by atoms with Gasteiger partial charge in [0.15, 0.2) is 0 Å². The summed E-state index contributed by atoms with van der Waals surface area (Å²) in [6.45, 7) is 1.07. The van der Waals surface area contributed by atoms with Gasteiger partial charge in [0.05, 0.1) is 7.11 Å². The first-order valence-electron chi connectivity index (χ1n) is 6.76. The van der Waals surface area contributed by atoms with Crippen LogP contribution >= 0.6 is 11.3 Å². The molecule has 108 valence electrons. The standard InChI is InChI=1S/C17H17NO2S/c1-19-14-5-3-6-15(8-14)20-10-13-11-21-16-7-2-4-12(9-18)17(13)16/h2-8,11H,9-10,18H2,1H3. The summed E-state index contributed by atoms with van der Waals surface area (Å²) in [4.78, 5) is 0. The molecule has 3 aromatic rings. The summed E-state index contributed by atoms with van der Waals surface area (Å²) in [5, 5.41) is 3.37. The zero-order valence-electron chi connectivity index (χ0n) is 11.8. The molecule has 3 nitrogen and oxygen atoms in total. The molecule has 0 saturated heterocycles. The lowest BCUT2D eigenvalue weighted by atomic mass is 10.1. The number of hydrogen-bond donors (Lipinski definition) is 1. The molecule has 3 rings (SSSR count). The van der Waals surface area contributed by atoms with Crippen molar-refractivity contribution in [2.24, 2.45) is 5.73 Å². The summed E-state index contributed by atoms with van der Waals surface area (Å²) in [6.07, 6.45) is 0. The van der Waals surface area contributed by atoms with Gasteiger partial charge < -0.3 is 15.2 Å². The lowest BCUT2D eigenvalue weighted by Crippen LogP contribution is -2.00. The first-order valence-corrected chi connectivity index (χ1v) is 7.64. The van der Waals surface area contributed by atoms with Gasteiger partial charge in [0.1, 0.15) is 18.1 Å². The van der Waals surface area contributed by atoms with Crippen LogP contribution in [0.3, 0.4) is 0 Å². The van der Waals surface area contributed by atoms with Crippen molar-refractivity contribution in [1.29, 1.82) is 0 Å². The van der Waals surface area contributed by atoms with E-state index in [1.54, 1.807) is 18.4 Å². The van der Waals surface area contributed by atoms with Gasteiger partial charge in [-0.05, 0) is 29.1 Å². The molecule has 0 atom stereocenters. The molecular formula is C17H17NO2S. The van der Waals surface area contributed by atoms with E-state index in [1.807, 2.05) is 30.3 Å². The van der Waals surface area contributed by atoms with E-state index in [0.29, 0.717) is 13.2 Å².